The summed E-state index contributed by atoms with van der Waals surface area (Å²) >= 11 is 0. The normalized spacial score (nSPS) is 11.3. The fourth-order valence-electron chi connectivity index (χ4n) is 2.67. The molecule has 0 aliphatic carbocycles. The van der Waals surface area contributed by atoms with E-state index in [1.165, 1.54) is 7.11 Å². The molecule has 2 N–H and O–H groups in total. The van der Waals surface area contributed by atoms with Crippen LogP contribution in [0.2, 0.25) is 0 Å². The fourth-order valence-corrected chi connectivity index (χ4v) is 2.67. The minimum atomic E-state index is -0.849. The zero-order valence-corrected chi connectivity index (χ0v) is 17.0. The van der Waals surface area contributed by atoms with E-state index in [9.17, 15) is 14.7 Å². The van der Waals surface area contributed by atoms with Crippen LogP contribution in [0, 0.1) is 0 Å². The molecule has 0 saturated heterocycles. The van der Waals surface area contributed by atoms with Gasteiger partial charge >= 0.3 is 5.97 Å². The van der Waals surface area contributed by atoms with E-state index < -0.39 is 12.1 Å². The van der Waals surface area contributed by atoms with E-state index in [0.717, 1.165) is 0 Å². The topological polar surface area (TPSA) is 94.1 Å². The second-order valence-electron chi connectivity index (χ2n) is 6.64. The molecule has 0 bridgehead atoms. The molecule has 7 heteroatoms. The summed E-state index contributed by atoms with van der Waals surface area (Å²) in [5.41, 5.74) is 1.63. The highest BCUT2D eigenvalue weighted by Gasteiger charge is 2.09. The van der Waals surface area contributed by atoms with E-state index in [0.29, 0.717) is 28.3 Å². The van der Waals surface area contributed by atoms with E-state index in [1.807, 2.05) is 6.07 Å². The number of methoxy groups -OCH3 is 1. The molecule has 1 atom stereocenters. The third-order valence-electron chi connectivity index (χ3n) is 4.31. The van der Waals surface area contributed by atoms with E-state index >= 15 is 0 Å². The van der Waals surface area contributed by atoms with Gasteiger partial charge in [0, 0.05) is 11.3 Å². The van der Waals surface area contributed by atoms with Crippen LogP contribution in [0.3, 0.4) is 0 Å². The molecular weight excluding hydrogens is 398 g/mol. The van der Waals surface area contributed by atoms with Crippen LogP contribution in [-0.4, -0.2) is 43.4 Å². The number of ether oxygens (including phenoxy) is 3. The number of carbonyl (C=O) groups is 2. The van der Waals surface area contributed by atoms with Gasteiger partial charge in [-0.15, -0.1) is 0 Å². The van der Waals surface area contributed by atoms with Crippen LogP contribution in [0.25, 0.3) is 0 Å². The van der Waals surface area contributed by atoms with Gasteiger partial charge in [0.05, 0.1) is 12.7 Å². The van der Waals surface area contributed by atoms with Crippen LogP contribution in [0.5, 0.6) is 11.5 Å². The standard InChI is InChI=1S/C24H23NO6/c1-29-24(28)18-7-11-21(12-8-18)30-15-20(26)16-31-22-13-9-19(10-14-22)25-23(27)17-5-3-2-4-6-17/h2-14,20,26H,15-16H2,1H3,(H,25,27)/t20-/m1/s1. The second kappa shape index (κ2) is 10.8. The van der Waals surface area contributed by atoms with E-state index in [-0.39, 0.29) is 19.1 Å². The minimum Gasteiger partial charge on any atom is -0.491 e. The van der Waals surface area contributed by atoms with Gasteiger partial charge in [0.15, 0.2) is 0 Å². The predicted octanol–water partition coefficient (Wildman–Crippen LogP) is 3.54. The van der Waals surface area contributed by atoms with Gasteiger partial charge in [-0.3, -0.25) is 4.79 Å². The summed E-state index contributed by atoms with van der Waals surface area (Å²) in [6, 6.07) is 22.2. The zero-order chi connectivity index (χ0) is 22.1. The number of amides is 1. The number of carbonyl (C=O) groups excluding carboxylic acids is 2. The molecule has 0 aliphatic heterocycles. The molecule has 0 heterocycles. The highest BCUT2D eigenvalue weighted by Crippen LogP contribution is 2.17. The van der Waals surface area contributed by atoms with Gasteiger partial charge in [-0.2, -0.15) is 0 Å². The Morgan fingerprint density at radius 3 is 1.90 bits per heavy atom. The smallest absolute Gasteiger partial charge is 0.337 e. The second-order valence-corrected chi connectivity index (χ2v) is 6.64. The van der Waals surface area contributed by atoms with Gasteiger partial charge in [0.1, 0.15) is 30.8 Å². The van der Waals surface area contributed by atoms with Gasteiger partial charge < -0.3 is 24.6 Å². The molecule has 3 aromatic rings. The van der Waals surface area contributed by atoms with Crippen molar-refractivity contribution in [3.05, 3.63) is 90.0 Å². The Morgan fingerprint density at radius 1 is 0.806 bits per heavy atom. The first kappa shape index (κ1) is 21.9. The Morgan fingerprint density at radius 2 is 1.35 bits per heavy atom. The number of hydrogen-bond acceptors (Lipinski definition) is 6. The van der Waals surface area contributed by atoms with Crippen molar-refractivity contribution in [2.75, 3.05) is 25.6 Å². The molecule has 0 radical (unpaired) electrons. The van der Waals surface area contributed by atoms with Gasteiger partial charge in [-0.25, -0.2) is 4.79 Å². The molecule has 31 heavy (non-hydrogen) atoms. The Labute approximate surface area is 180 Å². The van der Waals surface area contributed by atoms with Crippen molar-refractivity contribution in [2.45, 2.75) is 6.10 Å². The molecule has 0 spiro atoms. The molecule has 3 aromatic carbocycles. The van der Waals surface area contributed by atoms with Gasteiger partial charge in [0.2, 0.25) is 0 Å². The molecule has 3 rings (SSSR count). The predicted molar refractivity (Wildman–Crippen MR) is 116 cm³/mol. The highest BCUT2D eigenvalue weighted by molar-refractivity contribution is 6.04. The van der Waals surface area contributed by atoms with Crippen LogP contribution in [0.4, 0.5) is 5.69 Å². The Hall–Kier alpha value is -3.84. The summed E-state index contributed by atoms with van der Waals surface area (Å²) in [5.74, 6) is 0.455. The number of nitrogens with one attached hydrogen (secondary N) is 1. The number of aliphatic hydroxyl groups is 1. The molecule has 1 amide bonds. The van der Waals surface area contributed by atoms with Crippen molar-refractivity contribution in [1.29, 1.82) is 0 Å². The summed E-state index contributed by atoms with van der Waals surface area (Å²) in [5, 5.41) is 12.9. The number of rotatable bonds is 9. The lowest BCUT2D eigenvalue weighted by molar-refractivity contribution is 0.0597. The maximum atomic E-state index is 12.2. The Balaban J connectivity index is 1.42. The summed E-state index contributed by atoms with van der Waals surface area (Å²) in [6.45, 7) is 0.0682. The Kier molecular flexibility index (Phi) is 7.61. The van der Waals surface area contributed by atoms with Crippen molar-refractivity contribution in [1.82, 2.24) is 0 Å². The van der Waals surface area contributed by atoms with Crippen molar-refractivity contribution in [2.24, 2.45) is 0 Å². The van der Waals surface area contributed by atoms with Crippen molar-refractivity contribution in [3.8, 4) is 11.5 Å². The molecule has 0 aliphatic rings. The van der Waals surface area contributed by atoms with Gasteiger partial charge in [-0.05, 0) is 60.7 Å². The first-order valence-corrected chi connectivity index (χ1v) is 9.63. The summed E-state index contributed by atoms with van der Waals surface area (Å²) < 4.78 is 15.7. The molecule has 0 aromatic heterocycles. The Bertz CT molecular complexity index is 987. The maximum absolute atomic E-state index is 12.2. The summed E-state index contributed by atoms with van der Waals surface area (Å²) in [7, 11) is 1.32. The minimum absolute atomic E-state index is 0.0305. The number of esters is 1. The SMILES string of the molecule is COC(=O)c1ccc(OC[C@@H](O)COc2ccc(NC(=O)c3ccccc3)cc2)cc1. The molecule has 0 saturated carbocycles. The third kappa shape index (κ3) is 6.58. The monoisotopic (exact) mass is 421 g/mol. The lowest BCUT2D eigenvalue weighted by Gasteiger charge is -2.14. The van der Waals surface area contributed by atoms with Crippen LogP contribution in [-0.2, 0) is 4.74 Å². The molecule has 7 nitrogen and oxygen atoms in total. The van der Waals surface area contributed by atoms with Crippen LogP contribution >= 0.6 is 0 Å². The average Bonchev–Trinajstić information content (AvgIpc) is 2.82. The molecule has 0 fully saturated rings. The lowest BCUT2D eigenvalue weighted by Crippen LogP contribution is -2.25. The van der Waals surface area contributed by atoms with E-state index in [1.54, 1.807) is 72.8 Å². The fraction of sp³-hybridized carbons (Fsp3) is 0.167. The maximum Gasteiger partial charge on any atom is 0.337 e. The van der Waals surface area contributed by atoms with Crippen LogP contribution in [0.1, 0.15) is 20.7 Å². The molecule has 160 valence electrons. The van der Waals surface area contributed by atoms with Gasteiger partial charge in [-0.1, -0.05) is 18.2 Å². The van der Waals surface area contributed by atoms with Gasteiger partial charge in [0.25, 0.3) is 5.91 Å². The van der Waals surface area contributed by atoms with Crippen LogP contribution < -0.4 is 14.8 Å². The van der Waals surface area contributed by atoms with E-state index in [2.05, 4.69) is 10.1 Å². The number of hydrogen-bond donors (Lipinski definition) is 2. The van der Waals surface area contributed by atoms with Crippen LogP contribution in [0.15, 0.2) is 78.9 Å². The third-order valence-corrected chi connectivity index (χ3v) is 4.31. The first-order chi connectivity index (χ1) is 15.0. The number of aliphatic hydroxyl groups excluding tert-OH is 1. The summed E-state index contributed by atoms with van der Waals surface area (Å²) in [6.07, 6.45) is -0.849. The van der Waals surface area contributed by atoms with Crippen molar-refractivity contribution < 1.29 is 28.9 Å². The van der Waals surface area contributed by atoms with Crippen molar-refractivity contribution >= 4 is 17.6 Å². The van der Waals surface area contributed by atoms with Crippen molar-refractivity contribution in [3.63, 3.8) is 0 Å². The molecule has 0 unspecified atom stereocenters. The number of anilines is 1. The number of benzene rings is 3. The highest BCUT2D eigenvalue weighted by atomic mass is 16.5. The first-order valence-electron chi connectivity index (χ1n) is 9.63. The average molecular weight is 421 g/mol. The molecular formula is C24H23NO6. The lowest BCUT2D eigenvalue weighted by atomic mass is 10.2. The zero-order valence-electron chi connectivity index (χ0n) is 17.0. The summed E-state index contributed by atoms with van der Waals surface area (Å²) in [4.78, 5) is 23.6. The largest absolute Gasteiger partial charge is 0.491 e. The quantitative estimate of drug-likeness (QED) is 0.513. The van der Waals surface area contributed by atoms with E-state index in [4.69, 9.17) is 9.47 Å².